The first kappa shape index (κ1) is 21.9. The van der Waals surface area contributed by atoms with Crippen LogP contribution in [-0.2, 0) is 9.53 Å². The first-order valence-corrected chi connectivity index (χ1v) is 9.38. The third-order valence-electron chi connectivity index (χ3n) is 4.39. The predicted octanol–water partition coefficient (Wildman–Crippen LogP) is 4.11. The molecule has 2 amide bonds. The van der Waals surface area contributed by atoms with Crippen molar-refractivity contribution in [3.63, 3.8) is 0 Å². The number of rotatable bonds is 5. The molecule has 0 bridgehead atoms. The summed E-state index contributed by atoms with van der Waals surface area (Å²) in [6.45, 7) is 5.12. The molecule has 1 saturated heterocycles. The normalized spacial score (nSPS) is 18.5. The smallest absolute Gasteiger partial charge is 0.410 e. The summed E-state index contributed by atoms with van der Waals surface area (Å²) in [7, 11) is 0. The second kappa shape index (κ2) is 9.21. The van der Waals surface area contributed by atoms with Crippen molar-refractivity contribution in [3.8, 4) is 5.75 Å². The fourth-order valence-corrected chi connectivity index (χ4v) is 3.06. The Balaban J connectivity index is 1.95. The first-order valence-electron chi connectivity index (χ1n) is 9.38. The minimum absolute atomic E-state index is 0.0439. The molecule has 1 aromatic rings. The van der Waals surface area contributed by atoms with E-state index < -0.39 is 18.3 Å². The second-order valence-corrected chi connectivity index (χ2v) is 7.95. The summed E-state index contributed by atoms with van der Waals surface area (Å²) in [6.07, 6.45) is 0.963. The Morgan fingerprint density at radius 1 is 1.29 bits per heavy atom. The van der Waals surface area contributed by atoms with Gasteiger partial charge < -0.3 is 19.7 Å². The molecule has 28 heavy (non-hydrogen) atoms. The number of halogens is 2. The number of nitrogens with one attached hydrogen (secondary N) is 1. The zero-order valence-corrected chi connectivity index (χ0v) is 16.7. The van der Waals surface area contributed by atoms with E-state index in [0.717, 1.165) is 0 Å². The number of ether oxygens (including phenoxy) is 2. The van der Waals surface area contributed by atoms with Crippen molar-refractivity contribution in [1.29, 1.82) is 0 Å². The lowest BCUT2D eigenvalue weighted by Gasteiger charge is -2.34. The summed E-state index contributed by atoms with van der Waals surface area (Å²) < 4.78 is 34.5. The number of hydrogen-bond donors (Lipinski definition) is 1. The fraction of sp³-hybridized carbons (Fsp3) is 0.600. The van der Waals surface area contributed by atoms with E-state index >= 15 is 0 Å². The molecular weight excluding hydrogens is 370 g/mol. The molecule has 0 spiro atoms. The highest BCUT2D eigenvalue weighted by Gasteiger charge is 2.31. The number of hydrogen-bond acceptors (Lipinski definition) is 4. The van der Waals surface area contributed by atoms with Crippen LogP contribution in [0.3, 0.4) is 0 Å². The minimum atomic E-state index is -2.90. The van der Waals surface area contributed by atoms with Gasteiger partial charge in [-0.3, -0.25) is 4.79 Å². The molecule has 156 valence electrons. The molecule has 1 fully saturated rings. The van der Waals surface area contributed by atoms with Crippen LogP contribution in [0, 0.1) is 5.92 Å². The molecule has 8 heteroatoms. The highest BCUT2D eigenvalue weighted by molar-refractivity contribution is 5.80. The molecule has 0 aliphatic carbocycles. The number of carbonyl (C=O) groups is 2. The van der Waals surface area contributed by atoms with Gasteiger partial charge in [-0.15, -0.1) is 0 Å². The molecule has 0 saturated carbocycles. The Morgan fingerprint density at radius 3 is 2.64 bits per heavy atom. The molecule has 0 radical (unpaired) electrons. The van der Waals surface area contributed by atoms with Crippen LogP contribution < -0.4 is 10.1 Å². The Hall–Kier alpha value is -2.38. The molecule has 2 rings (SSSR count). The van der Waals surface area contributed by atoms with E-state index in [9.17, 15) is 18.4 Å². The van der Waals surface area contributed by atoms with Crippen molar-refractivity contribution < 1.29 is 27.8 Å². The zero-order chi connectivity index (χ0) is 20.9. The number of benzene rings is 1. The number of amides is 2. The molecule has 1 heterocycles. The standard InChI is InChI=1S/C20H28F2N2O4/c1-13(14-7-5-9-16(11-14)27-18(21)22)23-17(25)15-8-6-10-24(12-15)19(26)28-20(2,3)4/h5,7,9,11,13,15,18H,6,8,10,12H2,1-4H3,(H,23,25). The summed E-state index contributed by atoms with van der Waals surface area (Å²) in [4.78, 5) is 26.5. The van der Waals surface area contributed by atoms with E-state index in [1.807, 2.05) is 0 Å². The van der Waals surface area contributed by atoms with E-state index in [0.29, 0.717) is 31.5 Å². The summed E-state index contributed by atoms with van der Waals surface area (Å²) in [5.41, 5.74) is 0.0675. The van der Waals surface area contributed by atoms with Gasteiger partial charge in [0.2, 0.25) is 5.91 Å². The van der Waals surface area contributed by atoms with Crippen LogP contribution in [0.2, 0.25) is 0 Å². The average Bonchev–Trinajstić information content (AvgIpc) is 2.60. The van der Waals surface area contributed by atoms with Crippen LogP contribution >= 0.6 is 0 Å². The third kappa shape index (κ3) is 6.65. The van der Waals surface area contributed by atoms with Gasteiger partial charge in [-0.05, 0) is 58.2 Å². The average molecular weight is 398 g/mol. The Morgan fingerprint density at radius 2 is 2.00 bits per heavy atom. The van der Waals surface area contributed by atoms with Crippen molar-refractivity contribution >= 4 is 12.0 Å². The molecule has 6 nitrogen and oxygen atoms in total. The second-order valence-electron chi connectivity index (χ2n) is 7.95. The number of nitrogens with zero attached hydrogens (tertiary/aromatic N) is 1. The van der Waals surface area contributed by atoms with Gasteiger partial charge in [0.05, 0.1) is 12.0 Å². The molecule has 1 N–H and O–H groups in total. The van der Waals surface area contributed by atoms with E-state index in [1.54, 1.807) is 44.7 Å². The molecule has 1 aliphatic heterocycles. The highest BCUT2D eigenvalue weighted by Crippen LogP contribution is 2.23. The topological polar surface area (TPSA) is 67.9 Å². The molecule has 2 atom stereocenters. The third-order valence-corrected chi connectivity index (χ3v) is 4.39. The Labute approximate surface area is 164 Å². The SMILES string of the molecule is CC(NC(=O)C1CCCN(C(=O)OC(C)(C)C)C1)c1cccc(OC(F)F)c1. The molecule has 0 aromatic heterocycles. The van der Waals surface area contributed by atoms with Crippen molar-refractivity contribution in [2.24, 2.45) is 5.92 Å². The lowest BCUT2D eigenvalue weighted by molar-refractivity contribution is -0.127. The number of alkyl halides is 2. The monoisotopic (exact) mass is 398 g/mol. The van der Waals surface area contributed by atoms with E-state index in [1.165, 1.54) is 12.1 Å². The summed E-state index contributed by atoms with van der Waals surface area (Å²) in [5, 5.41) is 2.89. The van der Waals surface area contributed by atoms with Gasteiger partial charge in [-0.2, -0.15) is 8.78 Å². The van der Waals surface area contributed by atoms with Crippen molar-refractivity contribution in [1.82, 2.24) is 10.2 Å². The summed E-state index contributed by atoms with van der Waals surface area (Å²) >= 11 is 0. The van der Waals surface area contributed by atoms with Gasteiger partial charge in [-0.25, -0.2) is 4.79 Å². The van der Waals surface area contributed by atoms with Crippen LogP contribution in [-0.4, -0.2) is 42.2 Å². The number of carbonyl (C=O) groups excluding carboxylic acids is 2. The largest absolute Gasteiger partial charge is 0.444 e. The van der Waals surface area contributed by atoms with E-state index in [2.05, 4.69) is 10.1 Å². The molecule has 1 aliphatic rings. The van der Waals surface area contributed by atoms with E-state index in [-0.39, 0.29) is 23.6 Å². The van der Waals surface area contributed by atoms with Gasteiger partial charge in [0.15, 0.2) is 0 Å². The molecular formula is C20H28F2N2O4. The minimum Gasteiger partial charge on any atom is -0.444 e. The first-order chi connectivity index (χ1) is 13.0. The van der Waals surface area contributed by atoms with Gasteiger partial charge >= 0.3 is 12.7 Å². The van der Waals surface area contributed by atoms with Crippen LogP contribution in [0.1, 0.15) is 52.1 Å². The van der Waals surface area contributed by atoms with Crippen LogP contribution in [0.25, 0.3) is 0 Å². The van der Waals surface area contributed by atoms with E-state index in [4.69, 9.17) is 4.74 Å². The summed E-state index contributed by atoms with van der Waals surface area (Å²) in [6, 6.07) is 5.86. The Bertz CT molecular complexity index is 691. The van der Waals surface area contributed by atoms with Gasteiger partial charge in [0.1, 0.15) is 11.4 Å². The predicted molar refractivity (Wildman–Crippen MR) is 100 cm³/mol. The maximum Gasteiger partial charge on any atom is 0.410 e. The lowest BCUT2D eigenvalue weighted by atomic mass is 9.96. The maximum absolute atomic E-state index is 12.7. The molecule has 1 aromatic carbocycles. The van der Waals surface area contributed by atoms with Gasteiger partial charge in [0.25, 0.3) is 0 Å². The zero-order valence-electron chi connectivity index (χ0n) is 16.7. The Kier molecular flexibility index (Phi) is 7.21. The van der Waals surface area contributed by atoms with Crippen LogP contribution in [0.4, 0.5) is 13.6 Å². The number of piperidine rings is 1. The van der Waals surface area contributed by atoms with Gasteiger partial charge in [0, 0.05) is 13.1 Å². The fourth-order valence-electron chi connectivity index (χ4n) is 3.06. The lowest BCUT2D eigenvalue weighted by Crippen LogP contribution is -2.47. The van der Waals surface area contributed by atoms with Crippen molar-refractivity contribution in [2.45, 2.75) is 58.8 Å². The van der Waals surface area contributed by atoms with Crippen LogP contribution in [0.15, 0.2) is 24.3 Å². The van der Waals surface area contributed by atoms with Crippen molar-refractivity contribution in [3.05, 3.63) is 29.8 Å². The maximum atomic E-state index is 12.7. The highest BCUT2D eigenvalue weighted by atomic mass is 19.3. The molecule has 2 unspecified atom stereocenters. The summed E-state index contributed by atoms with van der Waals surface area (Å²) in [5.74, 6) is -0.479. The van der Waals surface area contributed by atoms with Crippen LogP contribution in [0.5, 0.6) is 5.75 Å². The van der Waals surface area contributed by atoms with Crippen molar-refractivity contribution in [2.75, 3.05) is 13.1 Å². The number of likely N-dealkylation sites (tertiary alicyclic amines) is 1. The van der Waals surface area contributed by atoms with Gasteiger partial charge in [-0.1, -0.05) is 12.1 Å². The quantitative estimate of drug-likeness (QED) is 0.810.